The van der Waals surface area contributed by atoms with E-state index in [1.165, 1.54) is 36.0 Å². The fourth-order valence-corrected chi connectivity index (χ4v) is 3.92. The highest BCUT2D eigenvalue weighted by molar-refractivity contribution is 8.00. The first kappa shape index (κ1) is 21.0. The van der Waals surface area contributed by atoms with E-state index >= 15 is 0 Å². The van der Waals surface area contributed by atoms with Crippen LogP contribution in [-0.4, -0.2) is 27.2 Å². The molecule has 0 saturated heterocycles. The summed E-state index contributed by atoms with van der Waals surface area (Å²) in [4.78, 5) is 30.2. The van der Waals surface area contributed by atoms with Crippen LogP contribution in [0.1, 0.15) is 30.6 Å². The molecule has 0 unspecified atom stereocenters. The van der Waals surface area contributed by atoms with Gasteiger partial charge in [0.2, 0.25) is 0 Å². The zero-order chi connectivity index (χ0) is 21.0. The van der Waals surface area contributed by atoms with Gasteiger partial charge in [-0.05, 0) is 49.7 Å². The Kier molecular flexibility index (Phi) is 6.64. The average molecular weight is 418 g/mol. The lowest BCUT2D eigenvalue weighted by atomic mass is 10.1. The fourth-order valence-electron chi connectivity index (χ4n) is 2.91. The monoisotopic (exact) mass is 418 g/mol. The van der Waals surface area contributed by atoms with Crippen LogP contribution in [-0.2, 0) is 6.54 Å². The molecule has 0 radical (unpaired) electrons. The van der Waals surface area contributed by atoms with Gasteiger partial charge in [-0.1, -0.05) is 30.8 Å². The van der Waals surface area contributed by atoms with Crippen molar-refractivity contribution in [1.29, 1.82) is 0 Å². The van der Waals surface area contributed by atoms with E-state index in [-0.39, 0.29) is 17.1 Å². The maximum Gasteiger partial charge on any atom is 0.387 e. The predicted octanol–water partition coefficient (Wildman–Crippen LogP) is 4.77. The fraction of sp³-hybridized carbons (Fsp3) is 0.286. The van der Waals surface area contributed by atoms with Crippen molar-refractivity contribution < 1.29 is 18.3 Å². The molecule has 2 aromatic carbocycles. The van der Waals surface area contributed by atoms with Crippen molar-refractivity contribution in [2.24, 2.45) is 0 Å². The van der Waals surface area contributed by atoms with Gasteiger partial charge >= 0.3 is 6.61 Å². The molecular weight excluding hydrogens is 398 g/mol. The van der Waals surface area contributed by atoms with Gasteiger partial charge in [-0.3, -0.25) is 14.2 Å². The van der Waals surface area contributed by atoms with E-state index in [4.69, 9.17) is 0 Å². The molecule has 0 spiro atoms. The Morgan fingerprint density at radius 2 is 1.86 bits per heavy atom. The molecule has 1 atom stereocenters. The number of ether oxygens (including phenoxy) is 1. The van der Waals surface area contributed by atoms with Crippen molar-refractivity contribution in [3.63, 3.8) is 0 Å². The van der Waals surface area contributed by atoms with E-state index in [0.29, 0.717) is 28.2 Å². The van der Waals surface area contributed by atoms with Crippen LogP contribution in [0, 0.1) is 0 Å². The molecule has 29 heavy (non-hydrogen) atoms. The molecule has 0 fully saturated rings. The first-order chi connectivity index (χ1) is 13.9. The first-order valence-electron chi connectivity index (χ1n) is 9.16. The number of alkyl halides is 2. The summed E-state index contributed by atoms with van der Waals surface area (Å²) in [5.74, 6) is -0.200. The lowest BCUT2D eigenvalue weighted by Crippen LogP contribution is -2.25. The maximum absolute atomic E-state index is 12.8. The Labute approximate surface area is 170 Å². The Bertz CT molecular complexity index is 1070. The number of Topliss-reactive ketones (excluding diaryl/α,β-unsaturated/α-hetero) is 1. The van der Waals surface area contributed by atoms with E-state index in [1.54, 1.807) is 29.7 Å². The van der Waals surface area contributed by atoms with Gasteiger partial charge in [0.15, 0.2) is 10.9 Å². The van der Waals surface area contributed by atoms with Crippen molar-refractivity contribution in [1.82, 2.24) is 9.55 Å². The van der Waals surface area contributed by atoms with Crippen LogP contribution in [0.3, 0.4) is 0 Å². The zero-order valence-corrected chi connectivity index (χ0v) is 16.8. The van der Waals surface area contributed by atoms with E-state index in [0.717, 1.165) is 6.42 Å². The SMILES string of the molecule is CCCn1c(S[C@@H](C)C(=O)c2ccc(OC(F)F)cc2)nc2ccccc2c1=O. The molecule has 1 heterocycles. The highest BCUT2D eigenvalue weighted by Gasteiger charge is 2.20. The topological polar surface area (TPSA) is 61.2 Å². The van der Waals surface area contributed by atoms with Crippen LogP contribution < -0.4 is 10.3 Å². The summed E-state index contributed by atoms with van der Waals surface area (Å²) in [6.45, 7) is 1.28. The van der Waals surface area contributed by atoms with Crippen LogP contribution in [0.5, 0.6) is 5.75 Å². The smallest absolute Gasteiger partial charge is 0.387 e. The van der Waals surface area contributed by atoms with Crippen molar-refractivity contribution in [3.05, 3.63) is 64.4 Å². The minimum absolute atomic E-state index is 0.00941. The molecule has 1 aromatic heterocycles. The summed E-state index contributed by atoms with van der Waals surface area (Å²) in [6.07, 6.45) is 0.751. The lowest BCUT2D eigenvalue weighted by Gasteiger charge is -2.15. The van der Waals surface area contributed by atoms with E-state index < -0.39 is 11.9 Å². The number of para-hydroxylation sites is 1. The van der Waals surface area contributed by atoms with Gasteiger partial charge in [0.05, 0.1) is 16.2 Å². The summed E-state index contributed by atoms with van der Waals surface area (Å²) in [5.41, 5.74) is 0.824. The molecule has 152 valence electrons. The van der Waals surface area contributed by atoms with Crippen LogP contribution in [0.4, 0.5) is 8.78 Å². The lowest BCUT2D eigenvalue weighted by molar-refractivity contribution is -0.0498. The molecular formula is C21H20F2N2O3S. The third-order valence-electron chi connectivity index (χ3n) is 4.29. The second-order valence-corrected chi connectivity index (χ2v) is 7.70. The number of ketones is 1. The highest BCUT2D eigenvalue weighted by atomic mass is 32.2. The number of thioether (sulfide) groups is 1. The molecule has 0 saturated carbocycles. The third-order valence-corrected chi connectivity index (χ3v) is 5.38. The molecule has 0 aliphatic rings. The van der Waals surface area contributed by atoms with Gasteiger partial charge in [-0.25, -0.2) is 4.98 Å². The number of benzene rings is 2. The van der Waals surface area contributed by atoms with E-state index in [2.05, 4.69) is 9.72 Å². The number of aromatic nitrogens is 2. The second kappa shape index (κ2) is 9.17. The van der Waals surface area contributed by atoms with Gasteiger partial charge in [0.25, 0.3) is 5.56 Å². The zero-order valence-electron chi connectivity index (χ0n) is 16.0. The number of rotatable bonds is 8. The van der Waals surface area contributed by atoms with Crippen molar-refractivity contribution in [3.8, 4) is 5.75 Å². The predicted molar refractivity (Wildman–Crippen MR) is 109 cm³/mol. The van der Waals surface area contributed by atoms with Gasteiger partial charge in [-0.2, -0.15) is 8.78 Å². The Balaban J connectivity index is 1.86. The van der Waals surface area contributed by atoms with E-state index in [1.807, 2.05) is 13.0 Å². The van der Waals surface area contributed by atoms with Gasteiger partial charge in [-0.15, -0.1) is 0 Å². The Morgan fingerprint density at radius 3 is 2.52 bits per heavy atom. The van der Waals surface area contributed by atoms with E-state index in [9.17, 15) is 18.4 Å². The number of fused-ring (bicyclic) bond motifs is 1. The molecule has 0 aliphatic heterocycles. The van der Waals surface area contributed by atoms with Crippen LogP contribution in [0.2, 0.25) is 0 Å². The summed E-state index contributed by atoms with van der Waals surface area (Å²) < 4.78 is 30.4. The largest absolute Gasteiger partial charge is 0.435 e. The number of carbonyl (C=O) groups is 1. The van der Waals surface area contributed by atoms with Crippen LogP contribution in [0.25, 0.3) is 10.9 Å². The molecule has 5 nitrogen and oxygen atoms in total. The molecule has 0 amide bonds. The standard InChI is InChI=1S/C21H20F2N2O3S/c1-3-12-25-19(27)16-6-4-5-7-17(16)24-21(25)29-13(2)18(26)14-8-10-15(11-9-14)28-20(22)23/h4-11,13,20H,3,12H2,1-2H3/t13-/m0/s1. The summed E-state index contributed by atoms with van der Waals surface area (Å²) in [7, 11) is 0. The number of nitrogens with zero attached hydrogens (tertiary/aromatic N) is 2. The van der Waals surface area contributed by atoms with Gasteiger partial charge < -0.3 is 4.74 Å². The van der Waals surface area contributed by atoms with Crippen molar-refractivity contribution in [2.45, 2.75) is 43.8 Å². The minimum atomic E-state index is -2.92. The number of carbonyl (C=O) groups excluding carboxylic acids is 1. The number of hydrogen-bond donors (Lipinski definition) is 0. The molecule has 0 aliphatic carbocycles. The van der Waals surface area contributed by atoms with Crippen LogP contribution >= 0.6 is 11.8 Å². The first-order valence-corrected chi connectivity index (χ1v) is 10.0. The Hall–Kier alpha value is -2.74. The van der Waals surface area contributed by atoms with Gasteiger partial charge in [0, 0.05) is 12.1 Å². The van der Waals surface area contributed by atoms with Crippen molar-refractivity contribution >= 4 is 28.4 Å². The number of halogens is 2. The van der Waals surface area contributed by atoms with Gasteiger partial charge in [0.1, 0.15) is 5.75 Å². The normalized spacial score (nSPS) is 12.3. The maximum atomic E-state index is 12.8. The molecule has 8 heteroatoms. The Morgan fingerprint density at radius 1 is 1.17 bits per heavy atom. The number of hydrogen-bond acceptors (Lipinski definition) is 5. The second-order valence-electron chi connectivity index (χ2n) is 6.40. The quantitative estimate of drug-likeness (QED) is 0.300. The minimum Gasteiger partial charge on any atom is -0.435 e. The molecule has 0 N–H and O–H groups in total. The third kappa shape index (κ3) is 4.82. The molecule has 0 bridgehead atoms. The van der Waals surface area contributed by atoms with Crippen LogP contribution in [0.15, 0.2) is 58.5 Å². The molecule has 3 rings (SSSR count). The summed E-state index contributed by atoms with van der Waals surface area (Å²) in [6, 6.07) is 12.7. The highest BCUT2D eigenvalue weighted by Crippen LogP contribution is 2.26. The molecule has 3 aromatic rings. The average Bonchev–Trinajstić information content (AvgIpc) is 2.70. The summed E-state index contributed by atoms with van der Waals surface area (Å²) in [5, 5.41) is 0.501. The van der Waals surface area contributed by atoms with Crippen molar-refractivity contribution in [2.75, 3.05) is 0 Å². The summed E-state index contributed by atoms with van der Waals surface area (Å²) >= 11 is 1.21.